The van der Waals surface area contributed by atoms with Crippen molar-refractivity contribution in [2.24, 2.45) is 0 Å². The number of nitrogens with one attached hydrogen (secondary N) is 1. The number of hydrogen-bond acceptors (Lipinski definition) is 2. The average Bonchev–Trinajstić information content (AvgIpc) is 2.53. The molecule has 0 bridgehead atoms. The zero-order valence-electron chi connectivity index (χ0n) is 11.3. The fourth-order valence-electron chi connectivity index (χ4n) is 2.45. The van der Waals surface area contributed by atoms with Crippen LogP contribution in [-0.4, -0.2) is 13.0 Å². The molecule has 1 aliphatic rings. The van der Waals surface area contributed by atoms with Gasteiger partial charge in [-0.3, -0.25) is 4.79 Å². The Kier molecular flexibility index (Phi) is 2.56. The molecule has 0 atom stereocenters. The van der Waals surface area contributed by atoms with E-state index in [1.807, 2.05) is 50.4 Å². The highest BCUT2D eigenvalue weighted by molar-refractivity contribution is 6.13. The third kappa shape index (κ3) is 1.70. The van der Waals surface area contributed by atoms with Crippen molar-refractivity contribution < 1.29 is 4.79 Å². The zero-order valence-corrected chi connectivity index (χ0v) is 11.3. The second kappa shape index (κ2) is 4.12. The van der Waals surface area contributed by atoms with E-state index in [0.717, 1.165) is 28.2 Å². The summed E-state index contributed by atoms with van der Waals surface area (Å²) in [5, 5.41) is 3.41. The number of benzene rings is 2. The molecule has 0 saturated carbocycles. The molecule has 0 fully saturated rings. The number of carbonyl (C=O) groups excluding carboxylic acids is 1. The molecule has 1 heterocycles. The molecule has 19 heavy (non-hydrogen) atoms. The quantitative estimate of drug-likeness (QED) is 0.776. The van der Waals surface area contributed by atoms with Gasteiger partial charge in [0.1, 0.15) is 0 Å². The van der Waals surface area contributed by atoms with E-state index in [9.17, 15) is 4.79 Å². The Morgan fingerprint density at radius 2 is 1.79 bits per heavy atom. The van der Waals surface area contributed by atoms with Crippen LogP contribution in [0.3, 0.4) is 0 Å². The van der Waals surface area contributed by atoms with E-state index in [-0.39, 0.29) is 5.91 Å². The van der Waals surface area contributed by atoms with Gasteiger partial charge in [-0.15, -0.1) is 0 Å². The first kappa shape index (κ1) is 11.8. The van der Waals surface area contributed by atoms with Crippen LogP contribution in [0.15, 0.2) is 36.4 Å². The zero-order chi connectivity index (χ0) is 13.6. The molecule has 0 aliphatic carbocycles. The van der Waals surface area contributed by atoms with Crippen LogP contribution in [0.1, 0.15) is 21.5 Å². The number of anilines is 3. The maximum Gasteiger partial charge on any atom is 0.260 e. The molecular formula is C16H16N2O. The van der Waals surface area contributed by atoms with Crippen molar-refractivity contribution in [2.75, 3.05) is 17.3 Å². The smallest absolute Gasteiger partial charge is 0.260 e. The van der Waals surface area contributed by atoms with E-state index >= 15 is 0 Å². The first-order valence-electron chi connectivity index (χ1n) is 6.34. The Bertz CT molecular complexity index is 676. The molecule has 0 spiro atoms. The van der Waals surface area contributed by atoms with Crippen LogP contribution >= 0.6 is 0 Å². The maximum atomic E-state index is 12.5. The van der Waals surface area contributed by atoms with Gasteiger partial charge in [0.25, 0.3) is 5.91 Å². The van der Waals surface area contributed by atoms with Gasteiger partial charge in [-0.2, -0.15) is 0 Å². The van der Waals surface area contributed by atoms with E-state index in [1.165, 1.54) is 5.56 Å². The standard InChI is InChI=1S/C16H16N2O/c1-10-8-9-12-15(11(10)2)17-13-6-4-5-7-14(13)18(3)16(12)19/h4-9,17H,1-3H3. The van der Waals surface area contributed by atoms with Crippen LogP contribution < -0.4 is 10.2 Å². The van der Waals surface area contributed by atoms with Crippen molar-refractivity contribution >= 4 is 23.0 Å². The molecule has 1 aliphatic heterocycles. The van der Waals surface area contributed by atoms with Crippen LogP contribution in [0.25, 0.3) is 0 Å². The number of carbonyl (C=O) groups is 1. The third-order valence-corrected chi connectivity index (χ3v) is 3.80. The molecule has 0 unspecified atom stereocenters. The Labute approximate surface area is 112 Å². The molecule has 1 amide bonds. The van der Waals surface area contributed by atoms with E-state index in [1.54, 1.807) is 4.90 Å². The average molecular weight is 252 g/mol. The van der Waals surface area contributed by atoms with Gasteiger partial charge in [0.15, 0.2) is 0 Å². The Morgan fingerprint density at radius 3 is 2.58 bits per heavy atom. The van der Waals surface area contributed by atoms with Crippen molar-refractivity contribution in [1.29, 1.82) is 0 Å². The summed E-state index contributed by atoms with van der Waals surface area (Å²) in [6.07, 6.45) is 0. The van der Waals surface area contributed by atoms with Crippen LogP contribution in [0.2, 0.25) is 0 Å². The Balaban J connectivity index is 2.29. The van der Waals surface area contributed by atoms with Gasteiger partial charge in [-0.25, -0.2) is 0 Å². The largest absolute Gasteiger partial charge is 0.353 e. The van der Waals surface area contributed by atoms with Crippen molar-refractivity contribution in [3.63, 3.8) is 0 Å². The lowest BCUT2D eigenvalue weighted by molar-refractivity contribution is 0.0994. The number of amides is 1. The maximum absolute atomic E-state index is 12.5. The number of fused-ring (bicyclic) bond motifs is 2. The minimum atomic E-state index is 0.0237. The summed E-state index contributed by atoms with van der Waals surface area (Å²) in [6.45, 7) is 4.10. The highest BCUT2D eigenvalue weighted by Gasteiger charge is 2.24. The van der Waals surface area contributed by atoms with Crippen molar-refractivity contribution in [1.82, 2.24) is 0 Å². The lowest BCUT2D eigenvalue weighted by atomic mass is 10.0. The molecular weight excluding hydrogens is 236 g/mol. The van der Waals surface area contributed by atoms with Crippen LogP contribution in [0.4, 0.5) is 17.1 Å². The minimum absolute atomic E-state index is 0.0237. The molecule has 3 rings (SSSR count). The lowest BCUT2D eigenvalue weighted by Gasteiger charge is -2.16. The normalized spacial score (nSPS) is 13.4. The van der Waals surface area contributed by atoms with Gasteiger partial charge < -0.3 is 10.2 Å². The van der Waals surface area contributed by atoms with Gasteiger partial charge in [-0.1, -0.05) is 18.2 Å². The number of rotatable bonds is 0. The highest BCUT2D eigenvalue weighted by Crippen LogP contribution is 2.36. The monoisotopic (exact) mass is 252 g/mol. The Hall–Kier alpha value is -2.29. The fourth-order valence-corrected chi connectivity index (χ4v) is 2.45. The Morgan fingerprint density at radius 1 is 1.05 bits per heavy atom. The van der Waals surface area contributed by atoms with E-state index in [2.05, 4.69) is 12.2 Å². The minimum Gasteiger partial charge on any atom is -0.353 e. The van der Waals surface area contributed by atoms with E-state index < -0.39 is 0 Å². The second-order valence-corrected chi connectivity index (χ2v) is 4.94. The fraction of sp³-hybridized carbons (Fsp3) is 0.188. The van der Waals surface area contributed by atoms with E-state index in [4.69, 9.17) is 0 Å². The SMILES string of the molecule is Cc1ccc2c(c1C)Nc1ccccc1N(C)C2=O. The molecule has 0 aromatic heterocycles. The van der Waals surface area contributed by atoms with Gasteiger partial charge in [0, 0.05) is 7.05 Å². The summed E-state index contributed by atoms with van der Waals surface area (Å²) >= 11 is 0. The summed E-state index contributed by atoms with van der Waals surface area (Å²) < 4.78 is 0. The first-order chi connectivity index (χ1) is 9.09. The van der Waals surface area contributed by atoms with Crippen LogP contribution in [0, 0.1) is 13.8 Å². The van der Waals surface area contributed by atoms with Gasteiger partial charge in [0.2, 0.25) is 0 Å². The molecule has 3 nitrogen and oxygen atoms in total. The number of nitrogens with zero attached hydrogens (tertiary/aromatic N) is 1. The number of hydrogen-bond donors (Lipinski definition) is 1. The van der Waals surface area contributed by atoms with Crippen LogP contribution in [0.5, 0.6) is 0 Å². The van der Waals surface area contributed by atoms with Gasteiger partial charge in [-0.05, 0) is 43.2 Å². The van der Waals surface area contributed by atoms with Gasteiger partial charge >= 0.3 is 0 Å². The second-order valence-electron chi connectivity index (χ2n) is 4.94. The van der Waals surface area contributed by atoms with Crippen molar-refractivity contribution in [3.8, 4) is 0 Å². The molecule has 2 aromatic carbocycles. The van der Waals surface area contributed by atoms with Crippen molar-refractivity contribution in [2.45, 2.75) is 13.8 Å². The van der Waals surface area contributed by atoms with Crippen LogP contribution in [-0.2, 0) is 0 Å². The molecule has 2 aromatic rings. The highest BCUT2D eigenvalue weighted by atomic mass is 16.2. The molecule has 0 radical (unpaired) electrons. The number of aryl methyl sites for hydroxylation is 1. The first-order valence-corrected chi connectivity index (χ1v) is 6.34. The van der Waals surface area contributed by atoms with Gasteiger partial charge in [0.05, 0.1) is 22.6 Å². The summed E-state index contributed by atoms with van der Waals surface area (Å²) in [5.41, 5.74) is 5.81. The summed E-state index contributed by atoms with van der Waals surface area (Å²) in [7, 11) is 1.81. The molecule has 0 saturated heterocycles. The van der Waals surface area contributed by atoms with E-state index in [0.29, 0.717) is 0 Å². The summed E-state index contributed by atoms with van der Waals surface area (Å²) in [5.74, 6) is 0.0237. The summed E-state index contributed by atoms with van der Waals surface area (Å²) in [6, 6.07) is 11.8. The predicted octanol–water partition coefficient (Wildman–Crippen LogP) is 3.64. The third-order valence-electron chi connectivity index (χ3n) is 3.80. The number of para-hydroxylation sites is 2. The molecule has 1 N–H and O–H groups in total. The lowest BCUT2D eigenvalue weighted by Crippen LogP contribution is -2.25. The molecule has 96 valence electrons. The summed E-state index contributed by atoms with van der Waals surface area (Å²) in [4.78, 5) is 14.2. The molecule has 3 heteroatoms. The topological polar surface area (TPSA) is 32.3 Å². The van der Waals surface area contributed by atoms with Crippen molar-refractivity contribution in [3.05, 3.63) is 53.1 Å². The predicted molar refractivity (Wildman–Crippen MR) is 78.4 cm³/mol.